The molecular weight excluding hydrogens is 202 g/mol. The Morgan fingerprint density at radius 3 is 2.60 bits per heavy atom. The smallest absolute Gasteiger partial charge is 0.310 e. The normalized spacial score (nSPS) is 12.1. The largest absolute Gasteiger partial charge is 0.502 e. The van der Waals surface area contributed by atoms with Gasteiger partial charge in [0.15, 0.2) is 5.75 Å². The number of hydrogen-bond donors (Lipinski definition) is 2. The van der Waals surface area contributed by atoms with Crippen molar-refractivity contribution in [2.24, 2.45) is 0 Å². The zero-order valence-corrected chi connectivity index (χ0v) is 7.88. The van der Waals surface area contributed by atoms with E-state index in [1.165, 1.54) is 13.0 Å². The van der Waals surface area contributed by atoms with Gasteiger partial charge in [0.1, 0.15) is 0 Å². The van der Waals surface area contributed by atoms with E-state index < -0.39 is 28.2 Å². The lowest BCUT2D eigenvalue weighted by molar-refractivity contribution is -0.385. The molecule has 1 atom stereocenters. The van der Waals surface area contributed by atoms with Crippen molar-refractivity contribution in [3.05, 3.63) is 33.9 Å². The molecule has 1 rings (SSSR count). The second-order valence-corrected chi connectivity index (χ2v) is 3.07. The number of carboxylic acids is 1. The maximum Gasteiger partial charge on any atom is 0.310 e. The van der Waals surface area contributed by atoms with Crippen LogP contribution in [0, 0.1) is 10.1 Å². The molecule has 0 unspecified atom stereocenters. The third kappa shape index (κ3) is 2.22. The van der Waals surface area contributed by atoms with E-state index in [1.54, 1.807) is 0 Å². The molecule has 0 aliphatic carbocycles. The topological polar surface area (TPSA) is 101 Å². The second kappa shape index (κ2) is 3.95. The number of aliphatic carboxylic acids is 1. The molecule has 0 fully saturated rings. The number of nitrogens with zero attached hydrogens (tertiary/aromatic N) is 1. The van der Waals surface area contributed by atoms with Gasteiger partial charge in [-0.1, -0.05) is 6.07 Å². The van der Waals surface area contributed by atoms with Crippen LogP contribution in [-0.2, 0) is 4.79 Å². The molecule has 15 heavy (non-hydrogen) atoms. The SMILES string of the molecule is C[C@@H](C(=O)O)c1ccc(O)c([N+](=O)[O-])c1. The van der Waals surface area contributed by atoms with E-state index in [0.717, 1.165) is 12.1 Å². The lowest BCUT2D eigenvalue weighted by Gasteiger charge is -2.06. The molecule has 0 radical (unpaired) electrons. The van der Waals surface area contributed by atoms with Crippen LogP contribution in [0.2, 0.25) is 0 Å². The number of nitro groups is 1. The number of hydrogen-bond acceptors (Lipinski definition) is 4. The molecule has 0 saturated heterocycles. The van der Waals surface area contributed by atoms with Gasteiger partial charge in [0.05, 0.1) is 10.8 Å². The van der Waals surface area contributed by atoms with Gasteiger partial charge >= 0.3 is 11.7 Å². The Hall–Kier alpha value is -2.11. The minimum atomic E-state index is -1.07. The number of phenolic OH excluding ortho intramolecular Hbond substituents is 1. The molecule has 0 aliphatic rings. The molecule has 1 aromatic rings. The lowest BCUT2D eigenvalue weighted by Crippen LogP contribution is -2.07. The van der Waals surface area contributed by atoms with E-state index in [4.69, 9.17) is 10.2 Å². The van der Waals surface area contributed by atoms with Crippen molar-refractivity contribution in [2.75, 3.05) is 0 Å². The second-order valence-electron chi connectivity index (χ2n) is 3.07. The minimum absolute atomic E-state index is 0.284. The number of benzene rings is 1. The summed E-state index contributed by atoms with van der Waals surface area (Å²) in [6.45, 7) is 1.42. The number of phenols is 1. The summed E-state index contributed by atoms with van der Waals surface area (Å²) in [5.41, 5.74) is -0.201. The summed E-state index contributed by atoms with van der Waals surface area (Å²) in [4.78, 5) is 20.3. The molecule has 0 aromatic heterocycles. The fourth-order valence-electron chi connectivity index (χ4n) is 1.10. The Balaban J connectivity index is 3.18. The Kier molecular flexibility index (Phi) is 2.89. The monoisotopic (exact) mass is 211 g/mol. The number of nitro benzene ring substituents is 1. The Morgan fingerprint density at radius 1 is 1.53 bits per heavy atom. The van der Waals surface area contributed by atoms with Gasteiger partial charge in [-0.2, -0.15) is 0 Å². The molecule has 0 heterocycles. The number of carbonyl (C=O) groups is 1. The van der Waals surface area contributed by atoms with Crippen LogP contribution in [0.4, 0.5) is 5.69 Å². The molecule has 0 bridgehead atoms. The van der Waals surface area contributed by atoms with Crippen LogP contribution < -0.4 is 0 Å². The predicted molar refractivity (Wildman–Crippen MR) is 50.8 cm³/mol. The third-order valence-electron chi connectivity index (χ3n) is 2.07. The first-order valence-corrected chi connectivity index (χ1v) is 4.13. The highest BCUT2D eigenvalue weighted by molar-refractivity contribution is 5.76. The zero-order valence-electron chi connectivity index (χ0n) is 7.88. The molecule has 80 valence electrons. The van der Waals surface area contributed by atoms with Crippen LogP contribution in [-0.4, -0.2) is 21.1 Å². The summed E-state index contributed by atoms with van der Waals surface area (Å²) in [6, 6.07) is 3.53. The Morgan fingerprint density at radius 2 is 2.13 bits per heavy atom. The minimum Gasteiger partial charge on any atom is -0.502 e. The first-order chi connectivity index (χ1) is 6.93. The van der Waals surface area contributed by atoms with Gasteiger partial charge < -0.3 is 10.2 Å². The highest BCUT2D eigenvalue weighted by atomic mass is 16.6. The molecule has 6 heteroatoms. The van der Waals surface area contributed by atoms with Gasteiger partial charge in [-0.15, -0.1) is 0 Å². The third-order valence-corrected chi connectivity index (χ3v) is 2.07. The van der Waals surface area contributed by atoms with Crippen LogP contribution in [0.15, 0.2) is 18.2 Å². The summed E-state index contributed by atoms with van der Waals surface area (Å²) < 4.78 is 0. The molecule has 1 aromatic carbocycles. The van der Waals surface area contributed by atoms with Crippen molar-refractivity contribution in [3.63, 3.8) is 0 Å². The van der Waals surface area contributed by atoms with Gasteiger partial charge in [0.2, 0.25) is 0 Å². The van der Waals surface area contributed by atoms with Crippen molar-refractivity contribution < 1.29 is 19.9 Å². The van der Waals surface area contributed by atoms with Gasteiger partial charge in [-0.3, -0.25) is 14.9 Å². The van der Waals surface area contributed by atoms with Crippen molar-refractivity contribution in [1.29, 1.82) is 0 Å². The van der Waals surface area contributed by atoms with Gasteiger partial charge in [0, 0.05) is 6.07 Å². The maximum absolute atomic E-state index is 10.6. The van der Waals surface area contributed by atoms with Crippen molar-refractivity contribution >= 4 is 11.7 Å². The highest BCUT2D eigenvalue weighted by Gasteiger charge is 2.19. The van der Waals surface area contributed by atoms with Crippen molar-refractivity contribution in [1.82, 2.24) is 0 Å². The molecule has 0 amide bonds. The first kappa shape index (κ1) is 11.0. The van der Waals surface area contributed by atoms with Gasteiger partial charge in [0.25, 0.3) is 0 Å². The van der Waals surface area contributed by atoms with E-state index in [9.17, 15) is 14.9 Å². The average molecular weight is 211 g/mol. The fourth-order valence-corrected chi connectivity index (χ4v) is 1.10. The van der Waals surface area contributed by atoms with Gasteiger partial charge in [-0.05, 0) is 18.6 Å². The zero-order chi connectivity index (χ0) is 11.6. The summed E-state index contributed by atoms with van der Waals surface area (Å²) in [7, 11) is 0. The first-order valence-electron chi connectivity index (χ1n) is 4.13. The van der Waals surface area contributed by atoms with Crippen LogP contribution in [0.3, 0.4) is 0 Å². The standard InChI is InChI=1S/C9H9NO5/c1-5(9(12)13)6-2-3-8(11)7(4-6)10(14)15/h2-5,11H,1H3,(H,12,13)/t5-/m1/s1. The summed E-state index contributed by atoms with van der Waals surface area (Å²) in [5, 5.41) is 28.3. The van der Waals surface area contributed by atoms with E-state index in [1.807, 2.05) is 0 Å². The Bertz CT molecular complexity index is 415. The molecule has 2 N–H and O–H groups in total. The van der Waals surface area contributed by atoms with Crippen LogP contribution in [0.5, 0.6) is 5.75 Å². The predicted octanol–water partition coefficient (Wildman–Crippen LogP) is 1.49. The average Bonchev–Trinajstić information content (AvgIpc) is 2.16. The number of carboxylic acid groups (broad SMARTS) is 1. The number of rotatable bonds is 3. The quantitative estimate of drug-likeness (QED) is 0.582. The molecule has 0 aliphatic heterocycles. The molecule has 0 spiro atoms. The van der Waals surface area contributed by atoms with Crippen LogP contribution in [0.1, 0.15) is 18.4 Å². The summed E-state index contributed by atoms with van der Waals surface area (Å²) in [5.74, 6) is -2.39. The Labute approximate surface area is 84.9 Å². The summed E-state index contributed by atoms with van der Waals surface area (Å²) >= 11 is 0. The molecular formula is C9H9NO5. The lowest BCUT2D eigenvalue weighted by atomic mass is 10.0. The molecule has 0 saturated carbocycles. The van der Waals surface area contributed by atoms with E-state index in [0.29, 0.717) is 0 Å². The van der Waals surface area contributed by atoms with Crippen LogP contribution >= 0.6 is 0 Å². The highest BCUT2D eigenvalue weighted by Crippen LogP contribution is 2.29. The van der Waals surface area contributed by atoms with Crippen LogP contribution in [0.25, 0.3) is 0 Å². The van der Waals surface area contributed by atoms with Gasteiger partial charge in [-0.25, -0.2) is 0 Å². The maximum atomic E-state index is 10.6. The van der Waals surface area contributed by atoms with Crippen molar-refractivity contribution in [3.8, 4) is 5.75 Å². The number of aromatic hydroxyl groups is 1. The summed E-state index contributed by atoms with van der Waals surface area (Å²) in [6.07, 6.45) is 0. The van der Waals surface area contributed by atoms with E-state index in [-0.39, 0.29) is 5.56 Å². The van der Waals surface area contributed by atoms with E-state index >= 15 is 0 Å². The van der Waals surface area contributed by atoms with E-state index in [2.05, 4.69) is 0 Å². The van der Waals surface area contributed by atoms with Crippen molar-refractivity contribution in [2.45, 2.75) is 12.8 Å². The fraction of sp³-hybridized carbons (Fsp3) is 0.222. The molecule has 6 nitrogen and oxygen atoms in total.